The Kier molecular flexibility index (Phi) is 9.02. The molecule has 0 bridgehead atoms. The van der Waals surface area contributed by atoms with Crippen LogP contribution in [0.15, 0.2) is 58.3 Å². The van der Waals surface area contributed by atoms with Crippen LogP contribution in [0.5, 0.6) is 0 Å². The zero-order valence-electron chi connectivity index (χ0n) is 16.7. The highest BCUT2D eigenvalue weighted by Gasteiger charge is 2.39. The van der Waals surface area contributed by atoms with Crippen molar-refractivity contribution in [3.8, 4) is 0 Å². The molecule has 0 aromatic heterocycles. The minimum atomic E-state index is -0.926. The van der Waals surface area contributed by atoms with E-state index in [0.717, 1.165) is 20.9 Å². The molecular formula is C22H27BrO4S. The summed E-state index contributed by atoms with van der Waals surface area (Å²) in [5, 5.41) is 0. The Bertz CT molecular complexity index is 758. The number of hydrogen-bond acceptors (Lipinski definition) is 5. The van der Waals surface area contributed by atoms with Gasteiger partial charge in [0.05, 0.1) is 18.4 Å². The molecule has 2 aromatic rings. The zero-order valence-corrected chi connectivity index (χ0v) is 19.1. The van der Waals surface area contributed by atoms with Gasteiger partial charge in [0.25, 0.3) is 0 Å². The van der Waals surface area contributed by atoms with Crippen LogP contribution in [0.1, 0.15) is 31.9 Å². The molecule has 4 nitrogen and oxygen atoms in total. The van der Waals surface area contributed by atoms with Gasteiger partial charge in [-0.05, 0) is 50.6 Å². The zero-order chi connectivity index (χ0) is 20.6. The Morgan fingerprint density at radius 1 is 1.11 bits per heavy atom. The first-order chi connectivity index (χ1) is 13.5. The highest BCUT2D eigenvalue weighted by Crippen LogP contribution is 2.39. The van der Waals surface area contributed by atoms with Crippen LogP contribution in [-0.2, 0) is 31.2 Å². The van der Waals surface area contributed by atoms with Crippen LogP contribution in [0.4, 0.5) is 0 Å². The molecule has 0 saturated carbocycles. The average molecular weight is 467 g/mol. The molecule has 0 N–H and O–H groups in total. The summed E-state index contributed by atoms with van der Waals surface area (Å²) in [5.74, 6) is -1.21. The van der Waals surface area contributed by atoms with Gasteiger partial charge >= 0.3 is 5.97 Å². The van der Waals surface area contributed by atoms with E-state index < -0.39 is 5.79 Å². The topological polar surface area (TPSA) is 44.8 Å². The summed E-state index contributed by atoms with van der Waals surface area (Å²) in [6.07, 6.45) is 0.185. The van der Waals surface area contributed by atoms with Crippen LogP contribution < -0.4 is 0 Å². The van der Waals surface area contributed by atoms with Crippen molar-refractivity contribution in [2.75, 3.05) is 20.3 Å². The fraction of sp³-hybridized carbons (Fsp3) is 0.409. The summed E-state index contributed by atoms with van der Waals surface area (Å²) in [5.41, 5.74) is 1.76. The molecule has 0 aliphatic heterocycles. The summed E-state index contributed by atoms with van der Waals surface area (Å²) in [6, 6.07) is 16.1. The predicted octanol–water partition coefficient (Wildman–Crippen LogP) is 5.56. The quantitative estimate of drug-likeness (QED) is 0.260. The van der Waals surface area contributed by atoms with E-state index in [-0.39, 0.29) is 17.2 Å². The van der Waals surface area contributed by atoms with Crippen LogP contribution in [0.3, 0.4) is 0 Å². The van der Waals surface area contributed by atoms with E-state index in [1.807, 2.05) is 69.3 Å². The molecule has 0 aliphatic rings. The van der Waals surface area contributed by atoms with Crippen molar-refractivity contribution >= 4 is 33.7 Å². The number of halogens is 1. The molecule has 152 valence electrons. The maximum Gasteiger partial charge on any atom is 0.310 e. The average Bonchev–Trinajstić information content (AvgIpc) is 2.69. The first kappa shape index (κ1) is 22.9. The number of alkyl halides is 1. The molecule has 0 fully saturated rings. The van der Waals surface area contributed by atoms with Crippen LogP contribution in [0, 0.1) is 0 Å². The van der Waals surface area contributed by atoms with Gasteiger partial charge < -0.3 is 14.2 Å². The Hall–Kier alpha value is -1.34. The van der Waals surface area contributed by atoms with Gasteiger partial charge in [-0.1, -0.05) is 52.0 Å². The molecule has 0 amide bonds. The second-order valence-corrected chi connectivity index (χ2v) is 8.63. The third-order valence-corrected chi connectivity index (χ3v) is 5.97. The van der Waals surface area contributed by atoms with Gasteiger partial charge in [0.1, 0.15) is 0 Å². The molecule has 1 unspecified atom stereocenters. The molecular weight excluding hydrogens is 440 g/mol. The Morgan fingerprint density at radius 2 is 1.75 bits per heavy atom. The molecule has 1 atom stereocenters. The molecule has 0 spiro atoms. The highest BCUT2D eigenvalue weighted by atomic mass is 79.9. The minimum Gasteiger partial charge on any atom is -0.469 e. The normalized spacial score (nSPS) is 12.6. The highest BCUT2D eigenvalue weighted by molar-refractivity contribution is 9.09. The van der Waals surface area contributed by atoms with Gasteiger partial charge in [-0.15, -0.1) is 0 Å². The summed E-state index contributed by atoms with van der Waals surface area (Å²) in [7, 11) is 1.40. The van der Waals surface area contributed by atoms with Crippen LogP contribution in [-0.4, -0.2) is 31.1 Å². The van der Waals surface area contributed by atoms with E-state index in [0.29, 0.717) is 13.2 Å². The van der Waals surface area contributed by atoms with Crippen molar-refractivity contribution in [1.29, 1.82) is 0 Å². The molecule has 0 heterocycles. The number of benzene rings is 2. The SMILES string of the molecule is CCOC(OCC)(c1ccc(Sc2ccccc2)c(CC(=O)OC)c1)C(C)Br. The number of methoxy groups -OCH3 is 1. The van der Waals surface area contributed by atoms with E-state index in [2.05, 4.69) is 15.9 Å². The molecule has 2 aromatic carbocycles. The predicted molar refractivity (Wildman–Crippen MR) is 116 cm³/mol. The summed E-state index contributed by atoms with van der Waals surface area (Å²) in [6.45, 7) is 6.89. The lowest BCUT2D eigenvalue weighted by atomic mass is 9.99. The van der Waals surface area contributed by atoms with E-state index in [9.17, 15) is 4.79 Å². The number of carbonyl (C=O) groups excluding carboxylic acids is 1. The fourth-order valence-electron chi connectivity index (χ4n) is 2.97. The molecule has 28 heavy (non-hydrogen) atoms. The Morgan fingerprint density at radius 3 is 2.29 bits per heavy atom. The van der Waals surface area contributed by atoms with Crippen molar-refractivity contribution < 1.29 is 19.0 Å². The smallest absolute Gasteiger partial charge is 0.310 e. The first-order valence-electron chi connectivity index (χ1n) is 9.31. The number of hydrogen-bond donors (Lipinski definition) is 0. The fourth-order valence-corrected chi connectivity index (χ4v) is 4.45. The lowest BCUT2D eigenvalue weighted by Gasteiger charge is -2.36. The van der Waals surface area contributed by atoms with E-state index in [1.54, 1.807) is 11.8 Å². The van der Waals surface area contributed by atoms with Crippen LogP contribution in [0.25, 0.3) is 0 Å². The number of esters is 1. The van der Waals surface area contributed by atoms with E-state index in [1.165, 1.54) is 7.11 Å². The second kappa shape index (κ2) is 11.0. The summed E-state index contributed by atoms with van der Waals surface area (Å²) in [4.78, 5) is 14.1. The largest absolute Gasteiger partial charge is 0.469 e. The Balaban J connectivity index is 2.51. The van der Waals surface area contributed by atoms with Crippen molar-refractivity contribution in [2.24, 2.45) is 0 Å². The molecule has 0 aliphatic carbocycles. The lowest BCUT2D eigenvalue weighted by molar-refractivity contribution is -0.239. The van der Waals surface area contributed by atoms with E-state index >= 15 is 0 Å². The maximum absolute atomic E-state index is 12.0. The van der Waals surface area contributed by atoms with Crippen molar-refractivity contribution in [2.45, 2.75) is 47.6 Å². The lowest BCUT2D eigenvalue weighted by Crippen LogP contribution is -2.40. The standard InChI is InChI=1S/C22H27BrO4S/c1-5-26-22(16(3)23,27-6-2)18-12-13-20(17(14-18)15-21(24)25-4)28-19-10-8-7-9-11-19/h7-14,16H,5-6,15H2,1-4H3. The van der Waals surface area contributed by atoms with E-state index in [4.69, 9.17) is 14.2 Å². The van der Waals surface area contributed by atoms with Gasteiger partial charge in [0.15, 0.2) is 0 Å². The van der Waals surface area contributed by atoms with Crippen LogP contribution in [0.2, 0.25) is 0 Å². The third-order valence-electron chi connectivity index (χ3n) is 4.24. The van der Waals surface area contributed by atoms with Gasteiger partial charge in [0.2, 0.25) is 5.79 Å². The van der Waals surface area contributed by atoms with Crippen LogP contribution >= 0.6 is 27.7 Å². The maximum atomic E-state index is 12.0. The summed E-state index contributed by atoms with van der Waals surface area (Å²) >= 11 is 5.27. The second-order valence-electron chi connectivity index (χ2n) is 6.14. The summed E-state index contributed by atoms with van der Waals surface area (Å²) < 4.78 is 17.0. The van der Waals surface area contributed by atoms with Gasteiger partial charge in [0, 0.05) is 28.6 Å². The minimum absolute atomic E-state index is 0.0847. The molecule has 0 radical (unpaired) electrons. The van der Waals surface area contributed by atoms with Crippen molar-refractivity contribution in [1.82, 2.24) is 0 Å². The monoisotopic (exact) mass is 466 g/mol. The van der Waals surface area contributed by atoms with Gasteiger partial charge in [-0.25, -0.2) is 0 Å². The Labute approximate surface area is 180 Å². The number of rotatable bonds is 10. The first-order valence-corrected chi connectivity index (χ1v) is 11.0. The van der Waals surface area contributed by atoms with Gasteiger partial charge in [-0.2, -0.15) is 0 Å². The molecule has 2 rings (SSSR count). The number of ether oxygens (including phenoxy) is 3. The number of carbonyl (C=O) groups is 1. The van der Waals surface area contributed by atoms with Gasteiger partial charge in [-0.3, -0.25) is 4.79 Å². The van der Waals surface area contributed by atoms with Crippen molar-refractivity contribution in [3.05, 3.63) is 59.7 Å². The third kappa shape index (κ3) is 5.60. The molecule has 0 saturated heterocycles. The van der Waals surface area contributed by atoms with Crippen molar-refractivity contribution in [3.63, 3.8) is 0 Å². The molecule has 6 heteroatoms.